The van der Waals surface area contributed by atoms with Gasteiger partial charge in [0, 0.05) is 0 Å². The van der Waals surface area contributed by atoms with Crippen LogP contribution in [0.3, 0.4) is 0 Å². The van der Waals surface area contributed by atoms with Gasteiger partial charge in [0.15, 0.2) is 0 Å². The average molecular weight is 409 g/mol. The third-order valence-electron chi connectivity index (χ3n) is 8.56. The highest BCUT2D eigenvalue weighted by atomic mass is 17.1. The minimum Gasteiger partial charge on any atom is -0.252 e. The highest BCUT2D eigenvalue weighted by molar-refractivity contribution is 5.18. The Morgan fingerprint density at radius 3 is 2.34 bits per heavy atom. The molecule has 0 aromatic heterocycles. The fourth-order valence-electron chi connectivity index (χ4n) is 7.34. The first-order valence-electron chi connectivity index (χ1n) is 12.7. The Morgan fingerprint density at radius 1 is 0.897 bits per heavy atom. The number of allylic oxidation sites excluding steroid dienone is 2. The normalized spacial score (nSPS) is 39.4. The van der Waals surface area contributed by atoms with Gasteiger partial charge >= 0.3 is 0 Å². The summed E-state index contributed by atoms with van der Waals surface area (Å²) >= 11 is 0. The van der Waals surface area contributed by atoms with E-state index in [9.17, 15) is 0 Å². The first-order valence-corrected chi connectivity index (χ1v) is 12.7. The SMILES string of the molecule is C.CC.CC.CC12C=CC3C4CCCCC4CCC3C1CCC2CCCCOO. The van der Waals surface area contributed by atoms with Crippen molar-refractivity contribution in [3.63, 3.8) is 0 Å². The Bertz CT molecular complexity index is 459. The molecule has 0 bridgehead atoms. The zero-order chi connectivity index (χ0) is 20.6. The molecule has 29 heavy (non-hydrogen) atoms. The quantitative estimate of drug-likeness (QED) is 0.213. The minimum atomic E-state index is 0. The van der Waals surface area contributed by atoms with Gasteiger partial charge in [-0.05, 0) is 85.9 Å². The lowest BCUT2D eigenvalue weighted by atomic mass is 9.52. The molecule has 0 saturated heterocycles. The minimum absolute atomic E-state index is 0. The maximum atomic E-state index is 8.51. The third-order valence-corrected chi connectivity index (χ3v) is 8.56. The van der Waals surface area contributed by atoms with Crippen molar-refractivity contribution in [3.05, 3.63) is 12.2 Å². The summed E-state index contributed by atoms with van der Waals surface area (Å²) in [6.45, 7) is 11.1. The van der Waals surface area contributed by atoms with E-state index < -0.39 is 0 Å². The van der Waals surface area contributed by atoms with Gasteiger partial charge < -0.3 is 0 Å². The second-order valence-corrected chi connectivity index (χ2v) is 9.46. The summed E-state index contributed by atoms with van der Waals surface area (Å²) in [5, 5.41) is 8.51. The van der Waals surface area contributed by atoms with Gasteiger partial charge in [0.05, 0.1) is 6.61 Å². The summed E-state index contributed by atoms with van der Waals surface area (Å²) in [7, 11) is 0. The van der Waals surface area contributed by atoms with E-state index in [0.717, 1.165) is 41.9 Å². The third kappa shape index (κ3) is 5.67. The van der Waals surface area contributed by atoms with Gasteiger partial charge in [-0.25, -0.2) is 4.89 Å². The number of hydrogen-bond donors (Lipinski definition) is 1. The molecule has 2 nitrogen and oxygen atoms in total. The van der Waals surface area contributed by atoms with Crippen molar-refractivity contribution in [2.75, 3.05) is 6.61 Å². The van der Waals surface area contributed by atoms with Crippen molar-refractivity contribution in [1.29, 1.82) is 0 Å². The fourth-order valence-corrected chi connectivity index (χ4v) is 7.34. The van der Waals surface area contributed by atoms with Gasteiger partial charge in [-0.2, -0.15) is 0 Å². The van der Waals surface area contributed by atoms with Crippen LogP contribution in [0.2, 0.25) is 0 Å². The molecular weight excluding hydrogens is 356 g/mol. The van der Waals surface area contributed by atoms with E-state index >= 15 is 0 Å². The largest absolute Gasteiger partial charge is 0.252 e. The highest BCUT2D eigenvalue weighted by Crippen LogP contribution is 2.62. The van der Waals surface area contributed by atoms with Crippen LogP contribution in [0.25, 0.3) is 0 Å². The molecule has 4 aliphatic rings. The molecular formula is C27H52O2. The molecule has 7 atom stereocenters. The standard InChI is InChI=1S/C22H36O2.2C2H6.CH4/c1-22-14-13-19-18-8-3-2-6-16(18)9-11-20(19)21(22)12-10-17(22)7-4-5-15-24-23;2*1-2;/h13-14,16-21,23H,2-12,15H2,1H3;2*1-2H3;1H4. The summed E-state index contributed by atoms with van der Waals surface area (Å²) in [5.41, 5.74) is 0.447. The van der Waals surface area contributed by atoms with E-state index in [-0.39, 0.29) is 7.43 Å². The smallest absolute Gasteiger partial charge is 0.0819 e. The Morgan fingerprint density at radius 2 is 1.62 bits per heavy atom. The molecule has 1 N–H and O–H groups in total. The number of unbranched alkanes of at least 4 members (excludes halogenated alkanes) is 1. The maximum absolute atomic E-state index is 8.51. The van der Waals surface area contributed by atoms with Crippen LogP contribution in [0, 0.1) is 40.9 Å². The van der Waals surface area contributed by atoms with Crippen LogP contribution in [0.15, 0.2) is 12.2 Å². The molecule has 0 aromatic rings. The molecule has 0 heterocycles. The molecule has 7 unspecified atom stereocenters. The number of hydrogen-bond acceptors (Lipinski definition) is 2. The molecule has 172 valence electrons. The van der Waals surface area contributed by atoms with Crippen LogP contribution < -0.4 is 0 Å². The molecule has 0 spiro atoms. The van der Waals surface area contributed by atoms with Gasteiger partial charge in [-0.15, -0.1) is 0 Å². The molecule has 3 saturated carbocycles. The lowest BCUT2D eigenvalue weighted by Gasteiger charge is -2.53. The lowest BCUT2D eigenvalue weighted by Crippen LogP contribution is -2.45. The summed E-state index contributed by atoms with van der Waals surface area (Å²) in [6, 6.07) is 0. The molecule has 3 fully saturated rings. The van der Waals surface area contributed by atoms with Crippen LogP contribution in [-0.2, 0) is 4.89 Å². The monoisotopic (exact) mass is 408 g/mol. The van der Waals surface area contributed by atoms with Crippen molar-refractivity contribution in [3.8, 4) is 0 Å². The van der Waals surface area contributed by atoms with E-state index in [1.165, 1.54) is 64.2 Å². The Labute approximate surface area is 182 Å². The van der Waals surface area contributed by atoms with Crippen LogP contribution in [0.4, 0.5) is 0 Å². The predicted molar refractivity (Wildman–Crippen MR) is 127 cm³/mol. The molecule has 0 amide bonds. The zero-order valence-corrected chi connectivity index (χ0v) is 19.5. The van der Waals surface area contributed by atoms with Gasteiger partial charge in [0.2, 0.25) is 0 Å². The van der Waals surface area contributed by atoms with E-state index in [1.807, 2.05) is 27.7 Å². The second kappa shape index (κ2) is 13.2. The highest BCUT2D eigenvalue weighted by Gasteiger charge is 2.54. The zero-order valence-electron chi connectivity index (χ0n) is 19.5. The maximum Gasteiger partial charge on any atom is 0.0819 e. The summed E-state index contributed by atoms with van der Waals surface area (Å²) in [4.78, 5) is 4.25. The summed E-state index contributed by atoms with van der Waals surface area (Å²) in [5.74, 6) is 5.73. The Balaban J connectivity index is 0.000000794. The van der Waals surface area contributed by atoms with Crippen molar-refractivity contribution in [2.24, 2.45) is 40.9 Å². The average Bonchev–Trinajstić information content (AvgIpc) is 3.10. The molecule has 4 aliphatic carbocycles. The van der Waals surface area contributed by atoms with Crippen LogP contribution in [0.1, 0.15) is 113 Å². The topological polar surface area (TPSA) is 29.5 Å². The van der Waals surface area contributed by atoms with Gasteiger partial charge in [-0.3, -0.25) is 5.26 Å². The van der Waals surface area contributed by atoms with E-state index in [2.05, 4.69) is 24.0 Å². The molecule has 2 heteroatoms. The Hall–Kier alpha value is -0.340. The van der Waals surface area contributed by atoms with E-state index in [1.54, 1.807) is 0 Å². The van der Waals surface area contributed by atoms with Gasteiger partial charge in [0.25, 0.3) is 0 Å². The van der Waals surface area contributed by atoms with Crippen molar-refractivity contribution in [2.45, 2.75) is 113 Å². The molecule has 0 aromatic carbocycles. The molecule has 4 rings (SSSR count). The van der Waals surface area contributed by atoms with Gasteiger partial charge in [0.1, 0.15) is 0 Å². The Kier molecular flexibility index (Phi) is 12.1. The first kappa shape index (κ1) is 26.7. The second-order valence-electron chi connectivity index (χ2n) is 9.46. The summed E-state index contributed by atoms with van der Waals surface area (Å²) < 4.78 is 0. The van der Waals surface area contributed by atoms with Crippen molar-refractivity contribution < 1.29 is 10.1 Å². The van der Waals surface area contributed by atoms with Crippen LogP contribution in [0.5, 0.6) is 0 Å². The van der Waals surface area contributed by atoms with Gasteiger partial charge in [-0.1, -0.05) is 79.9 Å². The number of rotatable bonds is 5. The number of fused-ring (bicyclic) bond motifs is 5. The van der Waals surface area contributed by atoms with Crippen LogP contribution >= 0.6 is 0 Å². The lowest BCUT2D eigenvalue weighted by molar-refractivity contribution is -0.242. The summed E-state index contributed by atoms with van der Waals surface area (Å²) in [6.07, 6.45) is 20.8. The van der Waals surface area contributed by atoms with E-state index in [4.69, 9.17) is 5.26 Å². The fraction of sp³-hybridized carbons (Fsp3) is 0.926. The first-order chi connectivity index (χ1) is 13.7. The predicted octanol–water partition coefficient (Wildman–Crippen LogP) is 8.77. The van der Waals surface area contributed by atoms with Crippen molar-refractivity contribution >= 4 is 0 Å². The molecule has 0 aliphatic heterocycles. The van der Waals surface area contributed by atoms with Crippen LogP contribution in [-0.4, -0.2) is 11.9 Å². The van der Waals surface area contributed by atoms with Crippen molar-refractivity contribution in [1.82, 2.24) is 0 Å². The van der Waals surface area contributed by atoms with E-state index in [0.29, 0.717) is 12.0 Å². The molecule has 0 radical (unpaired) electrons.